The highest BCUT2D eigenvalue weighted by atomic mass is 32.1. The fraction of sp³-hybridized carbons (Fsp3) is 0.100. The predicted octanol–water partition coefficient (Wildman–Crippen LogP) is 5.73. The Balaban J connectivity index is 1.60. The van der Waals surface area contributed by atoms with Crippen molar-refractivity contribution in [1.82, 2.24) is 9.97 Å². The molecule has 4 aromatic rings. The van der Waals surface area contributed by atoms with Crippen molar-refractivity contribution in [2.24, 2.45) is 0 Å². The van der Waals surface area contributed by atoms with E-state index in [1.54, 1.807) is 5.38 Å². The molecule has 0 bridgehead atoms. The summed E-state index contributed by atoms with van der Waals surface area (Å²) in [5.74, 6) is -4.46. The predicted molar refractivity (Wildman–Crippen MR) is 105 cm³/mol. The Morgan fingerprint density at radius 1 is 1.20 bits per heavy atom. The molecule has 2 N–H and O–H groups in total. The molecule has 30 heavy (non-hydrogen) atoms. The number of hydrogen-bond donors (Lipinski definition) is 2. The zero-order chi connectivity index (χ0) is 21.4. The van der Waals surface area contributed by atoms with Gasteiger partial charge in [0.2, 0.25) is 0 Å². The van der Waals surface area contributed by atoms with E-state index in [2.05, 4.69) is 20.0 Å². The van der Waals surface area contributed by atoms with Gasteiger partial charge in [-0.05, 0) is 13.0 Å². The van der Waals surface area contributed by atoms with E-state index in [1.807, 2.05) is 31.2 Å². The van der Waals surface area contributed by atoms with E-state index >= 15 is 0 Å². The molecule has 4 rings (SSSR count). The van der Waals surface area contributed by atoms with Crippen LogP contribution < -0.4 is 10.1 Å². The Hall–Kier alpha value is -3.40. The number of nitrogens with one attached hydrogen (secondary N) is 2. The van der Waals surface area contributed by atoms with Gasteiger partial charge in [0.05, 0.1) is 5.69 Å². The maximum Gasteiger partial charge on any atom is 0.387 e. The molecular formula is C20H13F4N3O2S. The van der Waals surface area contributed by atoms with Gasteiger partial charge >= 0.3 is 6.61 Å². The van der Waals surface area contributed by atoms with Crippen molar-refractivity contribution < 1.29 is 27.1 Å². The number of nitrogens with zero attached hydrogens (tertiary/aromatic N) is 1. The van der Waals surface area contributed by atoms with Gasteiger partial charge in [0, 0.05) is 39.7 Å². The maximum absolute atomic E-state index is 14.1. The van der Waals surface area contributed by atoms with Gasteiger partial charge < -0.3 is 9.72 Å². The molecule has 2 aromatic carbocycles. The third-order valence-electron chi connectivity index (χ3n) is 4.34. The number of anilines is 1. The van der Waals surface area contributed by atoms with Crippen LogP contribution in [0.4, 0.5) is 22.7 Å². The summed E-state index contributed by atoms with van der Waals surface area (Å²) < 4.78 is 56.6. The number of para-hydroxylation sites is 1. The lowest BCUT2D eigenvalue weighted by Gasteiger charge is -2.08. The van der Waals surface area contributed by atoms with Crippen LogP contribution in [0.1, 0.15) is 16.1 Å². The number of aryl methyl sites for hydroxylation is 1. The Bertz CT molecular complexity index is 1230. The number of alkyl halides is 2. The summed E-state index contributed by atoms with van der Waals surface area (Å²) in [4.78, 5) is 19.9. The van der Waals surface area contributed by atoms with Crippen LogP contribution in [0.5, 0.6) is 5.75 Å². The lowest BCUT2D eigenvalue weighted by Crippen LogP contribution is -2.16. The number of carbonyl (C=O) groups is 1. The summed E-state index contributed by atoms with van der Waals surface area (Å²) in [6.45, 7) is -1.36. The smallest absolute Gasteiger partial charge is 0.387 e. The van der Waals surface area contributed by atoms with Crippen molar-refractivity contribution in [3.8, 4) is 17.0 Å². The molecule has 0 radical (unpaired) electrons. The van der Waals surface area contributed by atoms with Crippen molar-refractivity contribution >= 4 is 33.3 Å². The first-order chi connectivity index (χ1) is 14.3. The number of fused-ring (bicyclic) bond motifs is 1. The van der Waals surface area contributed by atoms with E-state index < -0.39 is 35.5 Å². The Morgan fingerprint density at radius 3 is 2.60 bits per heavy atom. The topological polar surface area (TPSA) is 67.0 Å². The van der Waals surface area contributed by atoms with Crippen LogP contribution in [0.3, 0.4) is 0 Å². The first-order valence-corrected chi connectivity index (χ1v) is 9.50. The van der Waals surface area contributed by atoms with Crippen molar-refractivity contribution in [3.63, 3.8) is 0 Å². The van der Waals surface area contributed by atoms with E-state index in [9.17, 15) is 22.4 Å². The van der Waals surface area contributed by atoms with Crippen molar-refractivity contribution in [1.29, 1.82) is 0 Å². The molecule has 154 valence electrons. The molecule has 0 aliphatic rings. The minimum Gasteiger partial charge on any atom is -0.435 e. The van der Waals surface area contributed by atoms with Gasteiger partial charge in [0.15, 0.2) is 5.13 Å². The molecule has 0 saturated carbocycles. The van der Waals surface area contributed by atoms with Gasteiger partial charge in [-0.15, -0.1) is 11.3 Å². The van der Waals surface area contributed by atoms with E-state index in [1.165, 1.54) is 0 Å². The average Bonchev–Trinajstić information content (AvgIpc) is 3.23. The molecule has 10 heteroatoms. The van der Waals surface area contributed by atoms with E-state index in [-0.39, 0.29) is 5.13 Å². The summed E-state index contributed by atoms with van der Waals surface area (Å²) in [6, 6.07) is 8.68. The highest BCUT2D eigenvalue weighted by Gasteiger charge is 2.22. The standard InChI is InChI=1S/C20H13F4N3O2S/c1-9-16(11-4-2-3-5-14(11)25-9)15-8-30-20(26-15)27-18(28)17-12(21)6-10(7-13(17)22)29-19(23)24/h2-8,19,25H,1H3,(H,26,27,28). The molecular weight excluding hydrogens is 422 g/mol. The molecule has 0 aliphatic heterocycles. The summed E-state index contributed by atoms with van der Waals surface area (Å²) >= 11 is 1.09. The third kappa shape index (κ3) is 3.73. The molecule has 0 saturated heterocycles. The SMILES string of the molecule is Cc1[nH]c2ccccc2c1-c1csc(NC(=O)c2c(F)cc(OC(F)F)cc2F)n1. The highest BCUT2D eigenvalue weighted by molar-refractivity contribution is 7.14. The molecule has 0 spiro atoms. The minimum absolute atomic E-state index is 0.131. The van der Waals surface area contributed by atoms with E-state index in [4.69, 9.17) is 0 Å². The number of thiazole rings is 1. The lowest BCUT2D eigenvalue weighted by atomic mass is 10.1. The number of halogens is 4. The van der Waals surface area contributed by atoms with Crippen molar-refractivity contribution in [3.05, 3.63) is 64.7 Å². The Morgan fingerprint density at radius 2 is 1.90 bits per heavy atom. The lowest BCUT2D eigenvalue weighted by molar-refractivity contribution is -0.0501. The molecule has 0 atom stereocenters. The van der Waals surface area contributed by atoms with Crippen molar-refractivity contribution in [2.45, 2.75) is 13.5 Å². The van der Waals surface area contributed by atoms with Gasteiger partial charge in [-0.2, -0.15) is 8.78 Å². The maximum atomic E-state index is 14.1. The molecule has 1 amide bonds. The first kappa shape index (κ1) is 19.9. The largest absolute Gasteiger partial charge is 0.435 e. The number of aromatic amines is 1. The van der Waals surface area contributed by atoms with Crippen LogP contribution in [0, 0.1) is 18.6 Å². The second kappa shape index (κ2) is 7.79. The molecule has 0 unspecified atom stereocenters. The second-order valence-electron chi connectivity index (χ2n) is 6.30. The fourth-order valence-electron chi connectivity index (χ4n) is 3.15. The number of H-pyrrole nitrogens is 1. The number of rotatable bonds is 5. The molecule has 5 nitrogen and oxygen atoms in total. The number of amides is 1. The van der Waals surface area contributed by atoms with Crippen LogP contribution in [0.15, 0.2) is 41.8 Å². The first-order valence-electron chi connectivity index (χ1n) is 8.62. The van der Waals surface area contributed by atoms with Crippen LogP contribution in [0.2, 0.25) is 0 Å². The number of aromatic nitrogens is 2. The average molecular weight is 435 g/mol. The van der Waals surface area contributed by atoms with Gasteiger partial charge in [0.1, 0.15) is 22.9 Å². The molecule has 0 fully saturated rings. The van der Waals surface area contributed by atoms with Crippen LogP contribution in [-0.4, -0.2) is 22.5 Å². The quantitative estimate of drug-likeness (QED) is 0.394. The number of ether oxygens (including phenoxy) is 1. The number of carbonyl (C=O) groups excluding carboxylic acids is 1. The molecule has 0 aliphatic carbocycles. The van der Waals surface area contributed by atoms with Crippen LogP contribution >= 0.6 is 11.3 Å². The number of benzene rings is 2. The third-order valence-corrected chi connectivity index (χ3v) is 5.10. The van der Waals surface area contributed by atoms with Crippen LogP contribution in [0.25, 0.3) is 22.2 Å². The normalized spacial score (nSPS) is 11.3. The fourth-order valence-corrected chi connectivity index (χ4v) is 3.85. The number of hydrogen-bond acceptors (Lipinski definition) is 4. The van der Waals surface area contributed by atoms with Gasteiger partial charge in [-0.1, -0.05) is 18.2 Å². The van der Waals surface area contributed by atoms with E-state index in [0.29, 0.717) is 17.8 Å². The minimum atomic E-state index is -3.25. The Kier molecular flexibility index (Phi) is 5.17. The van der Waals surface area contributed by atoms with Gasteiger partial charge in [0.25, 0.3) is 5.91 Å². The highest BCUT2D eigenvalue weighted by Crippen LogP contribution is 2.34. The summed E-state index contributed by atoms with van der Waals surface area (Å²) in [5, 5.41) is 5.13. The molecule has 2 heterocycles. The molecule has 2 aromatic heterocycles. The Labute approximate surface area is 171 Å². The summed E-state index contributed by atoms with van der Waals surface area (Å²) in [6.07, 6.45) is 0. The van der Waals surface area contributed by atoms with Crippen molar-refractivity contribution in [2.75, 3.05) is 5.32 Å². The summed E-state index contributed by atoms with van der Waals surface area (Å²) in [5.41, 5.74) is 2.33. The van der Waals surface area contributed by atoms with Crippen LogP contribution in [-0.2, 0) is 0 Å². The van der Waals surface area contributed by atoms with E-state index in [0.717, 1.165) is 33.5 Å². The zero-order valence-electron chi connectivity index (χ0n) is 15.3. The summed E-state index contributed by atoms with van der Waals surface area (Å²) in [7, 11) is 0. The second-order valence-corrected chi connectivity index (χ2v) is 7.16. The zero-order valence-corrected chi connectivity index (χ0v) is 16.1. The van der Waals surface area contributed by atoms with Gasteiger partial charge in [-0.25, -0.2) is 13.8 Å². The monoisotopic (exact) mass is 435 g/mol. The van der Waals surface area contributed by atoms with Gasteiger partial charge in [-0.3, -0.25) is 10.1 Å².